The van der Waals surface area contributed by atoms with Gasteiger partial charge in [-0.15, -0.1) is 0 Å². The summed E-state index contributed by atoms with van der Waals surface area (Å²) in [5, 5.41) is 26.4. The standard InChI is InChI=1S/C31H39FN2O4/c1-18-11-24-23-10-9-20-12-25-19(16-34(33-25)21-7-6-8-22(13-21)38-5)14-28(20,2)31(23,32)26(36)15-29(24,3)30(18,4)27(37)17-35/h6-8,12-13,16,18,23-24,26,35-36H,9-11,14-15,17H2,1-5H3/t18-,23+,24+,26+,28+,29+,30-,31+/m1/s1. The third-order valence-corrected chi connectivity index (χ3v) is 11.7. The highest BCUT2D eigenvalue weighted by Gasteiger charge is 2.74. The van der Waals surface area contributed by atoms with Crippen molar-refractivity contribution < 1.29 is 24.1 Å². The van der Waals surface area contributed by atoms with Crippen LogP contribution in [-0.4, -0.2) is 51.3 Å². The number of alkyl halides is 1. The van der Waals surface area contributed by atoms with Gasteiger partial charge in [-0.3, -0.25) is 4.79 Å². The fraction of sp³-hybridized carbons (Fsp3) is 0.613. The highest BCUT2D eigenvalue weighted by atomic mass is 19.1. The van der Waals surface area contributed by atoms with Crippen molar-refractivity contribution in [3.05, 3.63) is 47.3 Å². The van der Waals surface area contributed by atoms with Crippen LogP contribution < -0.4 is 4.74 Å². The molecule has 0 saturated heterocycles. The van der Waals surface area contributed by atoms with Crippen LogP contribution >= 0.6 is 0 Å². The van der Waals surface area contributed by atoms with E-state index < -0.39 is 34.6 Å². The molecule has 7 heteroatoms. The molecule has 2 aromatic rings. The molecule has 3 saturated carbocycles. The smallest absolute Gasteiger partial charge is 0.164 e. The summed E-state index contributed by atoms with van der Waals surface area (Å²) < 4.78 is 25.1. The molecule has 1 heterocycles. The van der Waals surface area contributed by atoms with Crippen LogP contribution in [0.3, 0.4) is 0 Å². The lowest BCUT2D eigenvalue weighted by atomic mass is 9.42. The number of benzene rings is 1. The van der Waals surface area contributed by atoms with Crippen LogP contribution in [0.1, 0.15) is 64.6 Å². The number of rotatable bonds is 4. The zero-order chi connectivity index (χ0) is 27.3. The maximum Gasteiger partial charge on any atom is 0.164 e. The van der Waals surface area contributed by atoms with E-state index in [1.54, 1.807) is 7.11 Å². The number of halogens is 1. The molecule has 8 atom stereocenters. The van der Waals surface area contributed by atoms with Crippen molar-refractivity contribution >= 4 is 11.9 Å². The number of allylic oxidation sites excluding steroid dienone is 1. The fourth-order valence-electron chi connectivity index (χ4n) is 9.26. The van der Waals surface area contributed by atoms with Crippen LogP contribution in [0.4, 0.5) is 4.39 Å². The second kappa shape index (κ2) is 8.25. The summed E-state index contributed by atoms with van der Waals surface area (Å²) in [7, 11) is 1.63. The van der Waals surface area contributed by atoms with E-state index >= 15 is 4.39 Å². The lowest BCUT2D eigenvalue weighted by molar-refractivity contribution is -0.214. The van der Waals surface area contributed by atoms with E-state index in [0.29, 0.717) is 12.8 Å². The maximum absolute atomic E-state index is 17.9. The van der Waals surface area contributed by atoms with E-state index in [1.165, 1.54) is 0 Å². The monoisotopic (exact) mass is 522 g/mol. The molecule has 0 unspecified atom stereocenters. The molecule has 0 radical (unpaired) electrons. The molecule has 6 nitrogen and oxygen atoms in total. The van der Waals surface area contributed by atoms with E-state index in [-0.39, 0.29) is 30.0 Å². The van der Waals surface area contributed by atoms with Gasteiger partial charge in [-0.1, -0.05) is 39.3 Å². The molecule has 0 bridgehead atoms. The Morgan fingerprint density at radius 1 is 1.26 bits per heavy atom. The lowest BCUT2D eigenvalue weighted by Gasteiger charge is -2.63. The van der Waals surface area contributed by atoms with Crippen LogP contribution in [0.5, 0.6) is 5.75 Å². The molecular weight excluding hydrogens is 483 g/mol. The van der Waals surface area contributed by atoms with Gasteiger partial charge >= 0.3 is 0 Å². The minimum Gasteiger partial charge on any atom is -0.497 e. The zero-order valence-corrected chi connectivity index (χ0v) is 23.0. The van der Waals surface area contributed by atoms with Crippen molar-refractivity contribution in [1.29, 1.82) is 0 Å². The quantitative estimate of drug-likeness (QED) is 0.594. The molecule has 3 fully saturated rings. The molecule has 0 aliphatic heterocycles. The predicted octanol–water partition coefficient (Wildman–Crippen LogP) is 4.94. The summed E-state index contributed by atoms with van der Waals surface area (Å²) in [6.45, 7) is 7.51. The van der Waals surface area contributed by atoms with Crippen molar-refractivity contribution in [1.82, 2.24) is 9.78 Å². The van der Waals surface area contributed by atoms with Gasteiger partial charge in [0.15, 0.2) is 5.78 Å². The van der Waals surface area contributed by atoms with Crippen LogP contribution in [0.2, 0.25) is 0 Å². The molecule has 4 aliphatic carbocycles. The van der Waals surface area contributed by atoms with Crippen LogP contribution in [0, 0.1) is 34.0 Å². The number of nitrogens with zero attached hydrogens (tertiary/aromatic N) is 2. The lowest BCUT2D eigenvalue weighted by Crippen LogP contribution is -2.68. The molecule has 0 amide bonds. The number of aliphatic hydroxyl groups is 2. The molecule has 6 rings (SSSR count). The molecule has 2 N–H and O–H groups in total. The minimum absolute atomic E-state index is 0.00972. The van der Waals surface area contributed by atoms with E-state index in [4.69, 9.17) is 9.84 Å². The Morgan fingerprint density at radius 3 is 2.74 bits per heavy atom. The van der Waals surface area contributed by atoms with Crippen molar-refractivity contribution in [2.75, 3.05) is 13.7 Å². The van der Waals surface area contributed by atoms with E-state index in [9.17, 15) is 15.0 Å². The summed E-state index contributed by atoms with van der Waals surface area (Å²) in [5.74, 6) is 0.167. The topological polar surface area (TPSA) is 84.6 Å². The number of Topliss-reactive ketones (excluding diaryl/α,β-unsaturated/α-hetero) is 1. The molecule has 38 heavy (non-hydrogen) atoms. The highest BCUT2D eigenvalue weighted by molar-refractivity contribution is 5.87. The molecule has 204 valence electrons. The van der Waals surface area contributed by atoms with Gasteiger partial charge in [0.05, 0.1) is 24.6 Å². The first kappa shape index (κ1) is 25.8. The van der Waals surface area contributed by atoms with Gasteiger partial charge in [0, 0.05) is 29.0 Å². The maximum atomic E-state index is 17.9. The van der Waals surface area contributed by atoms with Crippen LogP contribution in [0.15, 0.2) is 36.0 Å². The largest absolute Gasteiger partial charge is 0.497 e. The number of fused-ring (bicyclic) bond motifs is 6. The summed E-state index contributed by atoms with van der Waals surface area (Å²) >= 11 is 0. The summed E-state index contributed by atoms with van der Waals surface area (Å²) in [6.07, 6.45) is 5.62. The third-order valence-electron chi connectivity index (χ3n) is 11.7. The van der Waals surface area contributed by atoms with Crippen molar-refractivity contribution in [2.24, 2.45) is 34.0 Å². The third kappa shape index (κ3) is 3.00. The van der Waals surface area contributed by atoms with Crippen LogP contribution in [0.25, 0.3) is 11.8 Å². The first-order chi connectivity index (χ1) is 17.9. The summed E-state index contributed by atoms with van der Waals surface area (Å²) in [6, 6.07) is 7.69. The fourth-order valence-corrected chi connectivity index (χ4v) is 9.26. The van der Waals surface area contributed by atoms with Crippen molar-refractivity contribution in [3.63, 3.8) is 0 Å². The van der Waals surface area contributed by atoms with Crippen LogP contribution in [-0.2, 0) is 11.2 Å². The van der Waals surface area contributed by atoms with E-state index in [0.717, 1.165) is 41.1 Å². The van der Waals surface area contributed by atoms with Gasteiger partial charge in [0.1, 0.15) is 18.0 Å². The Labute approximate surface area is 223 Å². The van der Waals surface area contributed by atoms with Gasteiger partial charge in [-0.25, -0.2) is 9.07 Å². The summed E-state index contributed by atoms with van der Waals surface area (Å²) in [5.41, 5.74) is -0.323. The number of ether oxygens (including phenoxy) is 1. The molecule has 1 aromatic heterocycles. The Bertz CT molecular complexity index is 1340. The molecular formula is C31H39FN2O4. The molecule has 0 spiro atoms. The first-order valence-corrected chi connectivity index (χ1v) is 13.9. The molecule has 4 aliphatic rings. The Morgan fingerprint density at radius 2 is 2.03 bits per heavy atom. The predicted molar refractivity (Wildman–Crippen MR) is 143 cm³/mol. The van der Waals surface area contributed by atoms with Gasteiger partial charge in [-0.05, 0) is 73.1 Å². The zero-order valence-electron chi connectivity index (χ0n) is 23.0. The average Bonchev–Trinajstić information content (AvgIpc) is 3.39. The Balaban J connectivity index is 1.40. The highest BCUT2D eigenvalue weighted by Crippen LogP contribution is 2.73. The van der Waals surface area contributed by atoms with Gasteiger partial charge in [0.2, 0.25) is 0 Å². The number of carbonyl (C=O) groups is 1. The number of carbonyl (C=O) groups excluding carboxylic acids is 1. The number of hydrogen-bond donors (Lipinski definition) is 2. The summed E-state index contributed by atoms with van der Waals surface area (Å²) in [4.78, 5) is 13.1. The minimum atomic E-state index is -1.82. The first-order valence-electron chi connectivity index (χ1n) is 13.9. The van der Waals surface area contributed by atoms with Crippen molar-refractivity contribution in [3.8, 4) is 11.4 Å². The number of hydrogen-bond acceptors (Lipinski definition) is 5. The number of ketones is 1. The second-order valence-corrected chi connectivity index (χ2v) is 12.9. The Hall–Kier alpha value is -2.51. The normalized spacial score (nSPS) is 41.4. The van der Waals surface area contributed by atoms with E-state index in [2.05, 4.69) is 13.8 Å². The second-order valence-electron chi connectivity index (χ2n) is 12.9. The average molecular weight is 523 g/mol. The Kier molecular flexibility index (Phi) is 5.59. The number of aliphatic hydroxyl groups excluding tert-OH is 2. The van der Waals surface area contributed by atoms with Gasteiger partial charge in [-0.2, -0.15) is 5.10 Å². The van der Waals surface area contributed by atoms with E-state index in [1.807, 2.05) is 55.1 Å². The number of aromatic nitrogens is 2. The molecule has 1 aromatic carbocycles. The number of methoxy groups -OCH3 is 1. The van der Waals surface area contributed by atoms with Gasteiger partial charge < -0.3 is 14.9 Å². The SMILES string of the molecule is COc1cccc(-n2cc3c(n2)C=C2CC[C@H]4[C@@H]5C[C@@H](C)[C@](C)(C(=O)CO)[C@@]5(C)C[C@H](O)[C@]4(F)[C@@]2(C)C3)c1. The van der Waals surface area contributed by atoms with Gasteiger partial charge in [0.25, 0.3) is 0 Å². The van der Waals surface area contributed by atoms with Crippen molar-refractivity contribution in [2.45, 2.75) is 71.6 Å².